The van der Waals surface area contributed by atoms with Crippen molar-refractivity contribution >= 4 is 17.3 Å². The minimum Gasteiger partial charge on any atom is -0.276 e. The molecule has 2 aromatic rings. The summed E-state index contributed by atoms with van der Waals surface area (Å²) in [7, 11) is 0. The zero-order chi connectivity index (χ0) is 10.1. The Hall–Kier alpha value is -2.24. The number of fused-ring (bicyclic) bond motifs is 1. The summed E-state index contributed by atoms with van der Waals surface area (Å²) in [5.74, 6) is 0. The van der Waals surface area contributed by atoms with Gasteiger partial charge in [-0.2, -0.15) is 4.68 Å². The van der Waals surface area contributed by atoms with Gasteiger partial charge in [0.15, 0.2) is 0 Å². The SMILES string of the molecule is O=Cn1[nH]c(=O)c2ncccc2c1=O. The average Bonchev–Trinajstić information content (AvgIpc) is 2.23. The largest absolute Gasteiger partial charge is 0.289 e. The first kappa shape index (κ1) is 8.36. The Morgan fingerprint density at radius 1 is 1.43 bits per heavy atom. The van der Waals surface area contributed by atoms with E-state index in [4.69, 9.17) is 0 Å². The van der Waals surface area contributed by atoms with Gasteiger partial charge in [-0.1, -0.05) is 0 Å². The predicted octanol–water partition coefficient (Wildman–Crippen LogP) is -0.877. The van der Waals surface area contributed by atoms with Gasteiger partial charge in [-0.25, -0.2) is 0 Å². The molecule has 70 valence electrons. The Bertz CT molecular complexity index is 611. The highest BCUT2D eigenvalue weighted by Crippen LogP contribution is 1.97. The lowest BCUT2D eigenvalue weighted by atomic mass is 10.3. The van der Waals surface area contributed by atoms with Crippen LogP contribution in [0.5, 0.6) is 0 Å². The lowest BCUT2D eigenvalue weighted by Gasteiger charge is -1.97. The van der Waals surface area contributed by atoms with E-state index in [9.17, 15) is 14.4 Å². The minimum atomic E-state index is -0.581. The quantitative estimate of drug-likeness (QED) is 0.593. The zero-order valence-electron chi connectivity index (χ0n) is 6.93. The summed E-state index contributed by atoms with van der Waals surface area (Å²) in [6, 6.07) is 2.97. The van der Waals surface area contributed by atoms with Gasteiger partial charge in [-0.15, -0.1) is 0 Å². The number of nitrogens with one attached hydrogen (secondary N) is 1. The number of hydrogen-bond acceptors (Lipinski definition) is 4. The third-order valence-corrected chi connectivity index (χ3v) is 1.80. The minimum absolute atomic E-state index is 0.0376. The molecule has 0 fully saturated rings. The normalized spacial score (nSPS) is 10.3. The highest BCUT2D eigenvalue weighted by atomic mass is 16.2. The van der Waals surface area contributed by atoms with E-state index in [1.165, 1.54) is 18.3 Å². The second kappa shape index (κ2) is 2.91. The molecule has 0 radical (unpaired) electrons. The highest BCUT2D eigenvalue weighted by Gasteiger charge is 2.05. The van der Waals surface area contributed by atoms with Gasteiger partial charge in [0.25, 0.3) is 11.1 Å². The van der Waals surface area contributed by atoms with Crippen molar-refractivity contribution in [1.82, 2.24) is 14.8 Å². The topological polar surface area (TPSA) is 84.8 Å². The van der Waals surface area contributed by atoms with E-state index < -0.39 is 11.1 Å². The fraction of sp³-hybridized carbons (Fsp3) is 0. The van der Waals surface area contributed by atoms with Crippen molar-refractivity contribution in [2.24, 2.45) is 0 Å². The Balaban J connectivity index is 3.10. The average molecular weight is 191 g/mol. The maximum Gasteiger partial charge on any atom is 0.289 e. The summed E-state index contributed by atoms with van der Waals surface area (Å²) >= 11 is 0. The van der Waals surface area contributed by atoms with E-state index in [-0.39, 0.29) is 17.3 Å². The van der Waals surface area contributed by atoms with Gasteiger partial charge >= 0.3 is 0 Å². The number of aromatic amines is 1. The summed E-state index contributed by atoms with van der Waals surface area (Å²) in [4.78, 5) is 36.8. The third-order valence-electron chi connectivity index (χ3n) is 1.80. The van der Waals surface area contributed by atoms with Crippen LogP contribution in [0.25, 0.3) is 10.9 Å². The van der Waals surface area contributed by atoms with Crippen molar-refractivity contribution in [2.75, 3.05) is 0 Å². The molecule has 0 spiro atoms. The summed E-state index contributed by atoms with van der Waals surface area (Å²) in [5.41, 5.74) is -1.11. The van der Waals surface area contributed by atoms with Gasteiger partial charge in [0.2, 0.25) is 6.41 Å². The standard InChI is InChI=1S/C8H5N3O3/c12-4-11-8(14)5-2-1-3-9-6(5)7(13)10-11/h1-4H,(H,10,13). The third kappa shape index (κ3) is 1.05. The number of carbonyl (C=O) groups excluding carboxylic acids is 1. The fourth-order valence-corrected chi connectivity index (χ4v) is 1.18. The van der Waals surface area contributed by atoms with Crippen LogP contribution < -0.4 is 11.1 Å². The summed E-state index contributed by atoms with van der Waals surface area (Å²) in [6.07, 6.45) is 1.65. The number of pyridine rings is 1. The lowest BCUT2D eigenvalue weighted by molar-refractivity contribution is 0.536. The van der Waals surface area contributed by atoms with Crippen LogP contribution in [0.1, 0.15) is 0 Å². The highest BCUT2D eigenvalue weighted by molar-refractivity contribution is 5.77. The van der Waals surface area contributed by atoms with Gasteiger partial charge in [-0.05, 0) is 12.1 Å². The van der Waals surface area contributed by atoms with Crippen molar-refractivity contribution in [3.05, 3.63) is 39.0 Å². The first-order valence-corrected chi connectivity index (χ1v) is 3.79. The molecular formula is C8H5N3O3. The van der Waals surface area contributed by atoms with E-state index in [1.54, 1.807) is 0 Å². The van der Waals surface area contributed by atoms with Crippen molar-refractivity contribution in [3.63, 3.8) is 0 Å². The number of aromatic nitrogens is 3. The molecular weight excluding hydrogens is 186 g/mol. The molecule has 0 bridgehead atoms. The second-order valence-corrected chi connectivity index (χ2v) is 2.62. The maximum absolute atomic E-state index is 11.4. The molecule has 0 aromatic carbocycles. The van der Waals surface area contributed by atoms with Crippen LogP contribution in [0.4, 0.5) is 0 Å². The Kier molecular flexibility index (Phi) is 1.74. The van der Waals surface area contributed by atoms with Crippen LogP contribution in [0.2, 0.25) is 0 Å². The van der Waals surface area contributed by atoms with E-state index in [2.05, 4.69) is 10.1 Å². The molecule has 0 saturated heterocycles. The van der Waals surface area contributed by atoms with Gasteiger partial charge in [0.05, 0.1) is 5.39 Å². The number of H-pyrrole nitrogens is 1. The van der Waals surface area contributed by atoms with Crippen LogP contribution in [0.15, 0.2) is 27.9 Å². The van der Waals surface area contributed by atoms with Gasteiger partial charge in [0, 0.05) is 6.20 Å². The molecule has 2 aromatic heterocycles. The molecule has 2 heterocycles. The number of hydrogen-bond donors (Lipinski definition) is 1. The number of carbonyl (C=O) groups is 1. The van der Waals surface area contributed by atoms with Crippen molar-refractivity contribution < 1.29 is 4.79 Å². The molecule has 6 nitrogen and oxygen atoms in total. The Labute approximate surface area is 76.8 Å². The van der Waals surface area contributed by atoms with Gasteiger partial charge in [-0.3, -0.25) is 24.5 Å². The lowest BCUT2D eigenvalue weighted by Crippen LogP contribution is -2.29. The number of rotatable bonds is 1. The smallest absolute Gasteiger partial charge is 0.276 e. The molecule has 1 N–H and O–H groups in total. The van der Waals surface area contributed by atoms with Crippen LogP contribution in [-0.2, 0) is 4.79 Å². The van der Waals surface area contributed by atoms with Crippen LogP contribution >= 0.6 is 0 Å². The second-order valence-electron chi connectivity index (χ2n) is 2.62. The first-order valence-electron chi connectivity index (χ1n) is 3.79. The zero-order valence-corrected chi connectivity index (χ0v) is 6.93. The summed E-state index contributed by atoms with van der Waals surface area (Å²) in [5, 5.41) is 2.21. The van der Waals surface area contributed by atoms with E-state index in [0.717, 1.165) is 0 Å². The van der Waals surface area contributed by atoms with Crippen LogP contribution in [0.3, 0.4) is 0 Å². The molecule has 0 aliphatic carbocycles. The van der Waals surface area contributed by atoms with Gasteiger partial charge in [0.1, 0.15) is 5.52 Å². The molecule has 0 aliphatic heterocycles. The molecule has 0 atom stereocenters. The van der Waals surface area contributed by atoms with Crippen LogP contribution in [-0.4, -0.2) is 21.2 Å². The summed E-state index contributed by atoms with van der Waals surface area (Å²) in [6.45, 7) is 0. The summed E-state index contributed by atoms with van der Waals surface area (Å²) < 4.78 is 0.590. The molecule has 0 amide bonds. The first-order chi connectivity index (χ1) is 6.74. The predicted molar refractivity (Wildman–Crippen MR) is 48.8 cm³/mol. The van der Waals surface area contributed by atoms with Crippen molar-refractivity contribution in [2.45, 2.75) is 0 Å². The van der Waals surface area contributed by atoms with Gasteiger partial charge < -0.3 is 0 Å². The molecule has 2 rings (SSSR count). The van der Waals surface area contributed by atoms with E-state index in [1.807, 2.05) is 0 Å². The van der Waals surface area contributed by atoms with Crippen LogP contribution in [0, 0.1) is 0 Å². The molecule has 0 saturated carbocycles. The van der Waals surface area contributed by atoms with Crippen molar-refractivity contribution in [1.29, 1.82) is 0 Å². The number of nitrogens with zero attached hydrogens (tertiary/aromatic N) is 2. The molecule has 14 heavy (non-hydrogen) atoms. The Morgan fingerprint density at radius 3 is 2.93 bits per heavy atom. The molecule has 6 heteroatoms. The van der Waals surface area contributed by atoms with E-state index in [0.29, 0.717) is 4.68 Å². The fourth-order valence-electron chi connectivity index (χ4n) is 1.18. The molecule has 0 aliphatic rings. The Morgan fingerprint density at radius 2 is 2.21 bits per heavy atom. The molecule has 0 unspecified atom stereocenters. The maximum atomic E-state index is 11.4. The monoisotopic (exact) mass is 191 g/mol. The van der Waals surface area contributed by atoms with Crippen molar-refractivity contribution in [3.8, 4) is 0 Å². The van der Waals surface area contributed by atoms with E-state index >= 15 is 0 Å².